The van der Waals surface area contributed by atoms with Crippen molar-refractivity contribution in [1.29, 1.82) is 0 Å². The molecule has 1 aliphatic rings. The number of para-hydroxylation sites is 1. The number of halogens is 1. The smallest absolute Gasteiger partial charge is 0.227 e. The van der Waals surface area contributed by atoms with Crippen LogP contribution in [0.1, 0.15) is 29.3 Å². The number of carbonyl (C=O) groups is 1. The standard InChI is InChI=1S/C24H26FN3O3/c1-30-23-8-3-2-5-17(23)13-24(29)28-11-9-18(16-28)22-15-20(26-27-22)10-12-31-21-7-4-6-19(25)14-21/h2-8,14-15,18H,9-13,16H2,1H3,(H,26,27)/t18-/m0/s1. The Bertz CT molecular complexity index is 1040. The number of benzene rings is 2. The van der Waals surface area contributed by atoms with E-state index >= 15 is 0 Å². The van der Waals surface area contributed by atoms with Crippen LogP contribution in [-0.2, 0) is 17.6 Å². The largest absolute Gasteiger partial charge is 0.496 e. The van der Waals surface area contributed by atoms with Crippen molar-refractivity contribution < 1.29 is 18.7 Å². The van der Waals surface area contributed by atoms with Crippen LogP contribution in [0.25, 0.3) is 0 Å². The van der Waals surface area contributed by atoms with Crippen LogP contribution < -0.4 is 9.47 Å². The molecule has 1 fully saturated rings. The number of nitrogens with one attached hydrogen (secondary N) is 1. The molecule has 7 heteroatoms. The zero-order chi connectivity index (χ0) is 21.6. The Kier molecular flexibility index (Phi) is 6.50. The highest BCUT2D eigenvalue weighted by atomic mass is 19.1. The molecule has 1 atom stereocenters. The Balaban J connectivity index is 1.28. The van der Waals surface area contributed by atoms with Gasteiger partial charge in [0.1, 0.15) is 17.3 Å². The third-order valence-electron chi connectivity index (χ3n) is 5.58. The summed E-state index contributed by atoms with van der Waals surface area (Å²) in [7, 11) is 1.62. The molecule has 0 aliphatic carbocycles. The Morgan fingerprint density at radius 3 is 2.94 bits per heavy atom. The summed E-state index contributed by atoms with van der Waals surface area (Å²) in [5.74, 6) is 1.26. The summed E-state index contributed by atoms with van der Waals surface area (Å²) in [5.41, 5.74) is 2.83. The van der Waals surface area contributed by atoms with Gasteiger partial charge in [0.25, 0.3) is 0 Å². The normalized spacial score (nSPS) is 15.8. The summed E-state index contributed by atoms with van der Waals surface area (Å²) >= 11 is 0. The van der Waals surface area contributed by atoms with E-state index < -0.39 is 0 Å². The number of H-pyrrole nitrogens is 1. The summed E-state index contributed by atoms with van der Waals surface area (Å²) in [4.78, 5) is 14.7. The first kappa shape index (κ1) is 20.9. The molecule has 0 unspecified atom stereocenters. The lowest BCUT2D eigenvalue weighted by molar-refractivity contribution is -0.129. The van der Waals surface area contributed by atoms with E-state index in [9.17, 15) is 9.18 Å². The molecule has 1 aliphatic heterocycles. The lowest BCUT2D eigenvalue weighted by Gasteiger charge is -2.17. The maximum absolute atomic E-state index is 13.2. The van der Waals surface area contributed by atoms with Crippen molar-refractivity contribution in [1.82, 2.24) is 15.1 Å². The predicted molar refractivity (Wildman–Crippen MR) is 115 cm³/mol. The first-order valence-corrected chi connectivity index (χ1v) is 10.4. The Labute approximate surface area is 181 Å². The molecule has 1 saturated heterocycles. The maximum Gasteiger partial charge on any atom is 0.227 e. The van der Waals surface area contributed by atoms with Crippen LogP contribution in [-0.4, -0.2) is 47.8 Å². The van der Waals surface area contributed by atoms with Gasteiger partial charge in [-0.3, -0.25) is 9.89 Å². The van der Waals surface area contributed by atoms with Crippen molar-refractivity contribution >= 4 is 5.91 Å². The Morgan fingerprint density at radius 1 is 1.23 bits per heavy atom. The van der Waals surface area contributed by atoms with Gasteiger partial charge < -0.3 is 14.4 Å². The second kappa shape index (κ2) is 9.64. The quantitative estimate of drug-likeness (QED) is 0.599. The van der Waals surface area contributed by atoms with Crippen LogP contribution in [0.5, 0.6) is 11.5 Å². The first-order chi connectivity index (χ1) is 15.1. The average Bonchev–Trinajstić information content (AvgIpc) is 3.44. The van der Waals surface area contributed by atoms with Crippen molar-refractivity contribution in [3.63, 3.8) is 0 Å². The zero-order valence-corrected chi connectivity index (χ0v) is 17.5. The van der Waals surface area contributed by atoms with Crippen molar-refractivity contribution in [3.8, 4) is 11.5 Å². The number of nitrogens with zero attached hydrogens (tertiary/aromatic N) is 2. The number of aromatic nitrogens is 2. The minimum Gasteiger partial charge on any atom is -0.496 e. The molecule has 0 bridgehead atoms. The van der Waals surface area contributed by atoms with E-state index in [0.717, 1.165) is 35.7 Å². The number of carbonyl (C=O) groups excluding carboxylic acids is 1. The molecule has 0 radical (unpaired) electrons. The van der Waals surface area contributed by atoms with Crippen molar-refractivity contribution in [3.05, 3.63) is 77.4 Å². The van der Waals surface area contributed by atoms with Gasteiger partial charge in [-0.05, 0) is 30.7 Å². The van der Waals surface area contributed by atoms with Gasteiger partial charge in [-0.15, -0.1) is 0 Å². The number of aromatic amines is 1. The van der Waals surface area contributed by atoms with E-state index in [4.69, 9.17) is 9.47 Å². The van der Waals surface area contributed by atoms with E-state index in [1.165, 1.54) is 12.1 Å². The lowest BCUT2D eigenvalue weighted by Crippen LogP contribution is -2.30. The molecule has 6 nitrogen and oxygen atoms in total. The fourth-order valence-corrected chi connectivity index (χ4v) is 3.90. The minimum atomic E-state index is -0.313. The Morgan fingerprint density at radius 2 is 2.10 bits per heavy atom. The second-order valence-corrected chi connectivity index (χ2v) is 7.69. The summed E-state index contributed by atoms with van der Waals surface area (Å²) in [6, 6.07) is 15.8. The monoisotopic (exact) mass is 423 g/mol. The maximum atomic E-state index is 13.2. The summed E-state index contributed by atoms with van der Waals surface area (Å²) in [5, 5.41) is 7.50. The van der Waals surface area contributed by atoms with Gasteiger partial charge in [-0.2, -0.15) is 5.10 Å². The second-order valence-electron chi connectivity index (χ2n) is 7.69. The molecule has 1 N–H and O–H groups in total. The van der Waals surface area contributed by atoms with Crippen LogP contribution in [0.4, 0.5) is 4.39 Å². The molecule has 2 heterocycles. The highest BCUT2D eigenvalue weighted by Gasteiger charge is 2.29. The SMILES string of the molecule is COc1ccccc1CC(=O)N1CC[C@H](c2cc(CCOc3cccc(F)c3)[nH]n2)C1. The van der Waals surface area contributed by atoms with Gasteiger partial charge in [0.15, 0.2) is 0 Å². The Hall–Kier alpha value is -3.35. The fourth-order valence-electron chi connectivity index (χ4n) is 3.90. The molecule has 1 amide bonds. The number of hydrogen-bond donors (Lipinski definition) is 1. The minimum absolute atomic E-state index is 0.103. The van der Waals surface area contributed by atoms with E-state index in [0.29, 0.717) is 31.7 Å². The number of methoxy groups -OCH3 is 1. The molecule has 0 spiro atoms. The first-order valence-electron chi connectivity index (χ1n) is 10.4. The third-order valence-corrected chi connectivity index (χ3v) is 5.58. The fraction of sp³-hybridized carbons (Fsp3) is 0.333. The van der Waals surface area contributed by atoms with Crippen molar-refractivity contribution in [2.75, 3.05) is 26.8 Å². The lowest BCUT2D eigenvalue weighted by atomic mass is 10.0. The highest BCUT2D eigenvalue weighted by molar-refractivity contribution is 5.80. The van der Waals surface area contributed by atoms with Crippen LogP contribution >= 0.6 is 0 Å². The number of ether oxygens (including phenoxy) is 2. The average molecular weight is 423 g/mol. The molecular weight excluding hydrogens is 397 g/mol. The predicted octanol–water partition coefficient (Wildman–Crippen LogP) is 3.74. The van der Waals surface area contributed by atoms with Crippen LogP contribution in [0.15, 0.2) is 54.6 Å². The number of rotatable bonds is 8. The third kappa shape index (κ3) is 5.23. The number of likely N-dealkylation sites (tertiary alicyclic amines) is 1. The van der Waals surface area contributed by atoms with Gasteiger partial charge in [0.2, 0.25) is 5.91 Å². The summed E-state index contributed by atoms with van der Waals surface area (Å²) in [6.45, 7) is 1.82. The van der Waals surface area contributed by atoms with E-state index in [1.54, 1.807) is 19.2 Å². The van der Waals surface area contributed by atoms with Gasteiger partial charge >= 0.3 is 0 Å². The van der Waals surface area contributed by atoms with Gasteiger partial charge in [0, 0.05) is 42.8 Å². The highest BCUT2D eigenvalue weighted by Crippen LogP contribution is 2.28. The zero-order valence-electron chi connectivity index (χ0n) is 17.5. The molecule has 31 heavy (non-hydrogen) atoms. The molecule has 2 aromatic carbocycles. The molecular formula is C24H26FN3O3. The van der Waals surface area contributed by atoms with Gasteiger partial charge in [-0.1, -0.05) is 24.3 Å². The molecule has 0 saturated carbocycles. The van der Waals surface area contributed by atoms with Crippen LogP contribution in [0.2, 0.25) is 0 Å². The molecule has 4 rings (SSSR count). The molecule has 3 aromatic rings. The van der Waals surface area contributed by atoms with Crippen LogP contribution in [0.3, 0.4) is 0 Å². The van der Waals surface area contributed by atoms with Gasteiger partial charge in [-0.25, -0.2) is 4.39 Å². The van der Waals surface area contributed by atoms with E-state index in [-0.39, 0.29) is 17.6 Å². The van der Waals surface area contributed by atoms with Gasteiger partial charge in [0.05, 0.1) is 25.8 Å². The molecule has 1 aromatic heterocycles. The van der Waals surface area contributed by atoms with E-state index in [2.05, 4.69) is 10.2 Å². The number of hydrogen-bond acceptors (Lipinski definition) is 4. The number of amides is 1. The van der Waals surface area contributed by atoms with E-state index in [1.807, 2.05) is 35.2 Å². The molecule has 162 valence electrons. The van der Waals surface area contributed by atoms with Crippen LogP contribution in [0, 0.1) is 5.82 Å². The van der Waals surface area contributed by atoms with Crippen molar-refractivity contribution in [2.45, 2.75) is 25.2 Å². The van der Waals surface area contributed by atoms with Crippen molar-refractivity contribution in [2.24, 2.45) is 0 Å². The summed E-state index contributed by atoms with van der Waals surface area (Å²) in [6.07, 6.45) is 1.87. The topological polar surface area (TPSA) is 67.4 Å². The summed E-state index contributed by atoms with van der Waals surface area (Å²) < 4.78 is 24.2.